The number of nitrogens with two attached hydrogens (primary N) is 2. The molecular formula is C14H23N3O2. The van der Waals surface area contributed by atoms with Gasteiger partial charge in [-0.05, 0) is 44.0 Å². The van der Waals surface area contributed by atoms with Crippen LogP contribution in [0.2, 0.25) is 0 Å². The SMILES string of the molecule is CC(O)C1CCC(C(O)CN)N1c1ccc(N)cc1. The number of aliphatic hydroxyl groups excluding tert-OH is 2. The Labute approximate surface area is 113 Å². The third-order valence-corrected chi connectivity index (χ3v) is 3.91. The van der Waals surface area contributed by atoms with E-state index in [0.29, 0.717) is 5.69 Å². The van der Waals surface area contributed by atoms with Crippen LogP contribution in [0.5, 0.6) is 0 Å². The Hall–Kier alpha value is -1.30. The molecule has 1 saturated heterocycles. The second-order valence-electron chi connectivity index (χ2n) is 5.25. The van der Waals surface area contributed by atoms with Crippen molar-refractivity contribution in [2.24, 2.45) is 5.73 Å². The van der Waals surface area contributed by atoms with Gasteiger partial charge < -0.3 is 26.6 Å². The van der Waals surface area contributed by atoms with Crippen LogP contribution in [-0.4, -0.2) is 41.0 Å². The number of nitrogen functional groups attached to an aromatic ring is 1. The molecule has 1 aromatic carbocycles. The average molecular weight is 265 g/mol. The zero-order chi connectivity index (χ0) is 14.0. The summed E-state index contributed by atoms with van der Waals surface area (Å²) in [5.41, 5.74) is 13.0. The first-order chi connectivity index (χ1) is 9.04. The van der Waals surface area contributed by atoms with Crippen molar-refractivity contribution in [2.45, 2.75) is 44.1 Å². The minimum atomic E-state index is -0.582. The van der Waals surface area contributed by atoms with Gasteiger partial charge in [0.1, 0.15) is 0 Å². The monoisotopic (exact) mass is 265 g/mol. The van der Waals surface area contributed by atoms with Crippen LogP contribution in [0.4, 0.5) is 11.4 Å². The number of aliphatic hydroxyl groups is 2. The van der Waals surface area contributed by atoms with Gasteiger partial charge in [-0.1, -0.05) is 0 Å². The van der Waals surface area contributed by atoms with Gasteiger partial charge in [0, 0.05) is 17.9 Å². The number of nitrogens with zero attached hydrogens (tertiary/aromatic N) is 1. The fraction of sp³-hybridized carbons (Fsp3) is 0.571. The van der Waals surface area contributed by atoms with Crippen molar-refractivity contribution < 1.29 is 10.2 Å². The summed E-state index contributed by atoms with van der Waals surface area (Å²) in [4.78, 5) is 2.08. The predicted octanol–water partition coefficient (Wildman–Crippen LogP) is 0.307. The van der Waals surface area contributed by atoms with Crippen molar-refractivity contribution in [2.75, 3.05) is 17.2 Å². The lowest BCUT2D eigenvalue weighted by Gasteiger charge is -2.36. The van der Waals surface area contributed by atoms with Gasteiger partial charge in [0.25, 0.3) is 0 Å². The number of anilines is 2. The second kappa shape index (κ2) is 5.77. The molecule has 106 valence electrons. The van der Waals surface area contributed by atoms with Crippen molar-refractivity contribution in [3.8, 4) is 0 Å². The first-order valence-electron chi connectivity index (χ1n) is 6.74. The van der Waals surface area contributed by atoms with Crippen molar-refractivity contribution in [1.82, 2.24) is 0 Å². The van der Waals surface area contributed by atoms with Crippen LogP contribution in [-0.2, 0) is 0 Å². The quantitative estimate of drug-likeness (QED) is 0.588. The van der Waals surface area contributed by atoms with Gasteiger partial charge in [-0.2, -0.15) is 0 Å². The van der Waals surface area contributed by atoms with Gasteiger partial charge in [0.15, 0.2) is 0 Å². The Balaban J connectivity index is 2.30. The number of hydrogen-bond donors (Lipinski definition) is 4. The molecule has 4 atom stereocenters. The highest BCUT2D eigenvalue weighted by Crippen LogP contribution is 2.34. The Morgan fingerprint density at radius 3 is 2.32 bits per heavy atom. The molecule has 5 nitrogen and oxygen atoms in total. The van der Waals surface area contributed by atoms with Crippen LogP contribution in [0, 0.1) is 0 Å². The van der Waals surface area contributed by atoms with Crippen LogP contribution < -0.4 is 16.4 Å². The summed E-state index contributed by atoms with van der Waals surface area (Å²) in [7, 11) is 0. The molecule has 0 saturated carbocycles. The first-order valence-corrected chi connectivity index (χ1v) is 6.74. The Bertz CT molecular complexity index is 408. The standard InChI is InChI=1S/C14H23N3O2/c1-9(18)12-6-7-13(14(19)8-15)17(12)11-4-2-10(16)3-5-11/h2-5,9,12-14,18-19H,6-8,15-16H2,1H3. The van der Waals surface area contributed by atoms with Gasteiger partial charge in [-0.25, -0.2) is 0 Å². The molecule has 5 heteroatoms. The van der Waals surface area contributed by atoms with Crippen LogP contribution in [0.25, 0.3) is 0 Å². The van der Waals surface area contributed by atoms with Crippen LogP contribution in [0.15, 0.2) is 24.3 Å². The predicted molar refractivity (Wildman–Crippen MR) is 76.9 cm³/mol. The summed E-state index contributed by atoms with van der Waals surface area (Å²) >= 11 is 0. The minimum Gasteiger partial charge on any atom is -0.399 e. The normalized spacial score (nSPS) is 26.4. The maximum Gasteiger partial charge on any atom is 0.0865 e. The summed E-state index contributed by atoms with van der Waals surface area (Å²) in [6.07, 6.45) is 0.649. The van der Waals surface area contributed by atoms with E-state index in [-0.39, 0.29) is 18.6 Å². The molecule has 1 aromatic rings. The molecule has 1 heterocycles. The number of rotatable bonds is 4. The van der Waals surface area contributed by atoms with Crippen LogP contribution in [0.1, 0.15) is 19.8 Å². The zero-order valence-corrected chi connectivity index (χ0v) is 11.2. The van der Waals surface area contributed by atoms with Gasteiger partial charge >= 0.3 is 0 Å². The van der Waals surface area contributed by atoms with E-state index < -0.39 is 12.2 Å². The lowest BCUT2D eigenvalue weighted by atomic mass is 10.1. The van der Waals surface area contributed by atoms with E-state index in [1.165, 1.54) is 0 Å². The molecule has 6 N–H and O–H groups in total. The van der Waals surface area contributed by atoms with Gasteiger partial charge in [0.2, 0.25) is 0 Å². The summed E-state index contributed by atoms with van der Waals surface area (Å²) in [5.74, 6) is 0. The average Bonchev–Trinajstić information content (AvgIpc) is 2.83. The summed E-state index contributed by atoms with van der Waals surface area (Å²) in [5, 5.41) is 20.0. The molecule has 1 aliphatic rings. The van der Waals surface area contributed by atoms with E-state index in [9.17, 15) is 10.2 Å². The lowest BCUT2D eigenvalue weighted by Crippen LogP contribution is -2.48. The minimum absolute atomic E-state index is 0.00910. The molecule has 0 spiro atoms. The molecule has 1 aliphatic heterocycles. The molecule has 0 radical (unpaired) electrons. The topological polar surface area (TPSA) is 95.7 Å². The molecule has 1 fully saturated rings. The molecule has 0 amide bonds. The maximum atomic E-state index is 10.1. The fourth-order valence-corrected chi connectivity index (χ4v) is 2.90. The molecule has 4 unspecified atom stereocenters. The summed E-state index contributed by atoms with van der Waals surface area (Å²) in [6, 6.07) is 7.47. The van der Waals surface area contributed by atoms with Crippen LogP contribution in [0.3, 0.4) is 0 Å². The second-order valence-corrected chi connectivity index (χ2v) is 5.25. The van der Waals surface area contributed by atoms with E-state index in [2.05, 4.69) is 4.90 Å². The van der Waals surface area contributed by atoms with Gasteiger partial charge in [0.05, 0.1) is 24.3 Å². The highest BCUT2D eigenvalue weighted by Gasteiger charge is 2.39. The highest BCUT2D eigenvalue weighted by molar-refractivity contribution is 5.55. The Kier molecular flexibility index (Phi) is 4.29. The summed E-state index contributed by atoms with van der Waals surface area (Å²) < 4.78 is 0. The highest BCUT2D eigenvalue weighted by atomic mass is 16.3. The Morgan fingerprint density at radius 1 is 1.21 bits per heavy atom. The zero-order valence-electron chi connectivity index (χ0n) is 11.2. The van der Waals surface area contributed by atoms with Gasteiger partial charge in [-0.15, -0.1) is 0 Å². The number of benzene rings is 1. The smallest absolute Gasteiger partial charge is 0.0865 e. The lowest BCUT2D eigenvalue weighted by molar-refractivity contribution is 0.140. The summed E-state index contributed by atoms with van der Waals surface area (Å²) in [6.45, 7) is 2.01. The van der Waals surface area contributed by atoms with Crippen LogP contribution >= 0.6 is 0 Å². The van der Waals surface area contributed by atoms with E-state index >= 15 is 0 Å². The molecule has 2 rings (SSSR count). The van der Waals surface area contributed by atoms with Gasteiger partial charge in [-0.3, -0.25) is 0 Å². The first kappa shape index (κ1) is 14.1. The van der Waals surface area contributed by atoms with Crippen molar-refractivity contribution >= 4 is 11.4 Å². The third-order valence-electron chi connectivity index (χ3n) is 3.91. The van der Waals surface area contributed by atoms with E-state index in [1.54, 1.807) is 6.92 Å². The third kappa shape index (κ3) is 2.83. The molecule has 19 heavy (non-hydrogen) atoms. The largest absolute Gasteiger partial charge is 0.399 e. The van der Waals surface area contributed by atoms with E-state index in [4.69, 9.17) is 11.5 Å². The van der Waals surface area contributed by atoms with E-state index in [1.807, 2.05) is 24.3 Å². The number of hydrogen-bond acceptors (Lipinski definition) is 5. The Morgan fingerprint density at radius 2 is 1.79 bits per heavy atom. The van der Waals surface area contributed by atoms with E-state index in [0.717, 1.165) is 18.5 Å². The molecule has 0 aromatic heterocycles. The molecule has 0 bridgehead atoms. The van der Waals surface area contributed by atoms with Crippen molar-refractivity contribution in [1.29, 1.82) is 0 Å². The maximum absolute atomic E-state index is 10.1. The molecular weight excluding hydrogens is 242 g/mol. The fourth-order valence-electron chi connectivity index (χ4n) is 2.90. The molecule has 0 aliphatic carbocycles. The van der Waals surface area contributed by atoms with Crippen molar-refractivity contribution in [3.63, 3.8) is 0 Å². The van der Waals surface area contributed by atoms with Crippen molar-refractivity contribution in [3.05, 3.63) is 24.3 Å².